The number of anilines is 1. The van der Waals surface area contributed by atoms with Gasteiger partial charge in [0.2, 0.25) is 11.9 Å². The Morgan fingerprint density at radius 1 is 1.56 bits per heavy atom. The average Bonchev–Trinajstić information content (AvgIpc) is 2.83. The van der Waals surface area contributed by atoms with E-state index in [1.54, 1.807) is 0 Å². The zero-order valence-electron chi connectivity index (χ0n) is 8.68. The maximum Gasteiger partial charge on any atom is 0.242 e. The number of aromatic amines is 1. The summed E-state index contributed by atoms with van der Waals surface area (Å²) in [5.74, 6) is 0.348. The molecular weight excluding hydrogens is 210 g/mol. The first kappa shape index (κ1) is 9.52. The van der Waals surface area contributed by atoms with E-state index < -0.39 is 0 Å². The molecule has 0 saturated carbocycles. The lowest BCUT2D eigenvalue weighted by Gasteiger charge is -2.49. The standard InChI is InChI=1S/C8H13N7O/c9-6(16)5-1-10-2-8(5)3-15(4-8)7-11-13-14-12-7/h5,10H,1-4H2,(H2,9,16)(H,11,12,13,14). The van der Waals surface area contributed by atoms with Crippen molar-refractivity contribution in [2.75, 3.05) is 31.1 Å². The Balaban J connectivity index is 1.73. The van der Waals surface area contributed by atoms with Gasteiger partial charge >= 0.3 is 0 Å². The van der Waals surface area contributed by atoms with E-state index >= 15 is 0 Å². The topological polar surface area (TPSA) is 113 Å². The van der Waals surface area contributed by atoms with Crippen molar-refractivity contribution in [3.8, 4) is 0 Å². The minimum atomic E-state index is -0.222. The molecule has 4 N–H and O–H groups in total. The number of carbonyl (C=O) groups excluding carboxylic acids is 1. The van der Waals surface area contributed by atoms with Crippen LogP contribution in [0.1, 0.15) is 0 Å². The highest BCUT2D eigenvalue weighted by Crippen LogP contribution is 2.41. The van der Waals surface area contributed by atoms with Gasteiger partial charge in [0.25, 0.3) is 0 Å². The van der Waals surface area contributed by atoms with Crippen LogP contribution in [0.15, 0.2) is 0 Å². The SMILES string of the molecule is NC(=O)C1CNCC12CN(c1nnn[nH]1)C2. The summed E-state index contributed by atoms with van der Waals surface area (Å²) in [5, 5.41) is 16.8. The van der Waals surface area contributed by atoms with Gasteiger partial charge in [-0.3, -0.25) is 4.79 Å². The molecule has 8 nitrogen and oxygen atoms in total. The minimum absolute atomic E-state index is 0.0291. The van der Waals surface area contributed by atoms with Crippen LogP contribution in [-0.2, 0) is 4.79 Å². The number of nitrogens with two attached hydrogens (primary N) is 1. The Bertz CT molecular complexity index is 397. The number of carbonyl (C=O) groups is 1. The van der Waals surface area contributed by atoms with Crippen molar-refractivity contribution in [2.45, 2.75) is 0 Å². The number of primary amides is 1. The van der Waals surface area contributed by atoms with Crippen LogP contribution in [0.5, 0.6) is 0 Å². The minimum Gasteiger partial charge on any atom is -0.369 e. The van der Waals surface area contributed by atoms with Gasteiger partial charge in [0.05, 0.1) is 5.92 Å². The highest BCUT2D eigenvalue weighted by atomic mass is 16.1. The fourth-order valence-corrected chi connectivity index (χ4v) is 2.69. The number of H-pyrrole nitrogens is 1. The summed E-state index contributed by atoms with van der Waals surface area (Å²) >= 11 is 0. The van der Waals surface area contributed by atoms with E-state index in [4.69, 9.17) is 5.73 Å². The number of amides is 1. The first-order valence-electron chi connectivity index (χ1n) is 5.20. The second-order valence-corrected chi connectivity index (χ2v) is 4.53. The predicted molar refractivity (Wildman–Crippen MR) is 54.4 cm³/mol. The van der Waals surface area contributed by atoms with Crippen LogP contribution in [0.2, 0.25) is 0 Å². The Morgan fingerprint density at radius 3 is 3.00 bits per heavy atom. The maximum absolute atomic E-state index is 11.3. The van der Waals surface area contributed by atoms with Gasteiger partial charge < -0.3 is 16.0 Å². The normalized spacial score (nSPS) is 27.0. The molecule has 1 aromatic rings. The molecule has 2 saturated heterocycles. The molecule has 0 radical (unpaired) electrons. The largest absolute Gasteiger partial charge is 0.369 e. The lowest BCUT2D eigenvalue weighted by molar-refractivity contribution is -0.124. The summed E-state index contributed by atoms with van der Waals surface area (Å²) in [7, 11) is 0. The fourth-order valence-electron chi connectivity index (χ4n) is 2.69. The van der Waals surface area contributed by atoms with E-state index in [0.29, 0.717) is 12.5 Å². The second kappa shape index (κ2) is 3.14. The highest BCUT2D eigenvalue weighted by molar-refractivity contribution is 5.79. The van der Waals surface area contributed by atoms with Crippen LogP contribution < -0.4 is 16.0 Å². The number of nitrogens with one attached hydrogen (secondary N) is 2. The van der Waals surface area contributed by atoms with Crippen LogP contribution in [0.4, 0.5) is 5.95 Å². The quantitative estimate of drug-likeness (QED) is 0.520. The summed E-state index contributed by atoms with van der Waals surface area (Å²) in [5.41, 5.74) is 5.37. The molecule has 0 aliphatic carbocycles. The third kappa shape index (κ3) is 1.19. The van der Waals surface area contributed by atoms with Crippen LogP contribution in [-0.4, -0.2) is 52.7 Å². The van der Waals surface area contributed by atoms with Crippen LogP contribution in [0, 0.1) is 11.3 Å². The molecule has 1 unspecified atom stereocenters. The van der Waals surface area contributed by atoms with Crippen LogP contribution in [0.25, 0.3) is 0 Å². The van der Waals surface area contributed by atoms with Crippen molar-refractivity contribution >= 4 is 11.9 Å². The first-order chi connectivity index (χ1) is 7.71. The summed E-state index contributed by atoms with van der Waals surface area (Å²) in [6, 6.07) is 0. The molecule has 8 heteroatoms. The van der Waals surface area contributed by atoms with Gasteiger partial charge in [-0.2, -0.15) is 0 Å². The van der Waals surface area contributed by atoms with Gasteiger partial charge in [-0.25, -0.2) is 5.10 Å². The van der Waals surface area contributed by atoms with Gasteiger partial charge in [0.15, 0.2) is 0 Å². The molecule has 2 aliphatic rings. The molecule has 0 bridgehead atoms. The van der Waals surface area contributed by atoms with E-state index in [1.807, 2.05) is 4.90 Å². The average molecular weight is 223 g/mol. The fraction of sp³-hybridized carbons (Fsp3) is 0.750. The van der Waals surface area contributed by atoms with Crippen molar-refractivity contribution < 1.29 is 4.79 Å². The molecule has 1 atom stereocenters. The zero-order valence-corrected chi connectivity index (χ0v) is 8.68. The first-order valence-corrected chi connectivity index (χ1v) is 5.20. The summed E-state index contributed by atoms with van der Waals surface area (Å²) in [6.07, 6.45) is 0. The van der Waals surface area contributed by atoms with Gasteiger partial charge in [-0.1, -0.05) is 5.10 Å². The molecular formula is C8H13N7O. The molecule has 3 heterocycles. The van der Waals surface area contributed by atoms with Crippen LogP contribution >= 0.6 is 0 Å². The Hall–Kier alpha value is -1.70. The predicted octanol–water partition coefficient (Wildman–Crippen LogP) is -2.29. The number of tetrazole rings is 1. The number of aromatic nitrogens is 4. The Kier molecular flexibility index (Phi) is 1.87. The molecule has 16 heavy (non-hydrogen) atoms. The Labute approximate surface area is 91.6 Å². The number of hydrogen-bond donors (Lipinski definition) is 3. The van der Waals surface area contributed by atoms with E-state index in [1.165, 1.54) is 0 Å². The van der Waals surface area contributed by atoms with Crippen molar-refractivity contribution in [1.29, 1.82) is 0 Å². The molecule has 1 spiro atoms. The van der Waals surface area contributed by atoms with Crippen molar-refractivity contribution in [3.63, 3.8) is 0 Å². The summed E-state index contributed by atoms with van der Waals surface area (Å²) < 4.78 is 0. The van der Waals surface area contributed by atoms with Crippen molar-refractivity contribution in [2.24, 2.45) is 17.1 Å². The molecule has 0 aromatic carbocycles. The molecule has 2 aliphatic heterocycles. The smallest absolute Gasteiger partial charge is 0.242 e. The second-order valence-electron chi connectivity index (χ2n) is 4.53. The number of rotatable bonds is 2. The summed E-state index contributed by atoms with van der Waals surface area (Å²) in [6.45, 7) is 3.05. The lowest BCUT2D eigenvalue weighted by Crippen LogP contribution is -2.62. The lowest BCUT2D eigenvalue weighted by atomic mass is 9.71. The zero-order chi connectivity index (χ0) is 11.2. The third-order valence-electron chi connectivity index (χ3n) is 3.55. The maximum atomic E-state index is 11.3. The number of nitrogens with zero attached hydrogens (tertiary/aromatic N) is 4. The molecule has 2 fully saturated rings. The Morgan fingerprint density at radius 2 is 2.38 bits per heavy atom. The highest BCUT2D eigenvalue weighted by Gasteiger charge is 2.54. The van der Waals surface area contributed by atoms with E-state index in [9.17, 15) is 4.79 Å². The molecule has 86 valence electrons. The molecule has 1 aromatic heterocycles. The summed E-state index contributed by atoms with van der Waals surface area (Å²) in [4.78, 5) is 13.3. The van der Waals surface area contributed by atoms with Crippen molar-refractivity contribution in [1.82, 2.24) is 25.9 Å². The number of hydrogen-bond acceptors (Lipinski definition) is 6. The van der Waals surface area contributed by atoms with Gasteiger partial charge in [0.1, 0.15) is 0 Å². The van der Waals surface area contributed by atoms with Gasteiger partial charge in [0, 0.05) is 31.6 Å². The molecule has 3 rings (SSSR count). The third-order valence-corrected chi connectivity index (χ3v) is 3.55. The van der Waals surface area contributed by atoms with Gasteiger partial charge in [-0.15, -0.1) is 0 Å². The van der Waals surface area contributed by atoms with Crippen LogP contribution in [0.3, 0.4) is 0 Å². The van der Waals surface area contributed by atoms with E-state index in [0.717, 1.165) is 19.6 Å². The molecule has 1 amide bonds. The van der Waals surface area contributed by atoms with Crippen molar-refractivity contribution in [3.05, 3.63) is 0 Å². The van der Waals surface area contributed by atoms with Gasteiger partial charge in [-0.05, 0) is 10.4 Å². The van der Waals surface area contributed by atoms with E-state index in [-0.39, 0.29) is 17.2 Å². The monoisotopic (exact) mass is 223 g/mol. The van der Waals surface area contributed by atoms with E-state index in [2.05, 4.69) is 25.9 Å².